The van der Waals surface area contributed by atoms with Crippen LogP contribution >= 0.6 is 0 Å². The number of ketones is 1. The fourth-order valence-electron chi connectivity index (χ4n) is 2.11. The number of para-hydroxylation sites is 1. The highest BCUT2D eigenvalue weighted by atomic mass is 16.3. The predicted octanol–water partition coefficient (Wildman–Crippen LogP) is 2.57. The van der Waals surface area contributed by atoms with E-state index in [4.69, 9.17) is 0 Å². The molecule has 0 aromatic heterocycles. The molecule has 0 bridgehead atoms. The highest BCUT2D eigenvalue weighted by Crippen LogP contribution is 2.19. The Kier molecular flexibility index (Phi) is 3.47. The smallest absolute Gasteiger partial charge is 0.191 e. The number of benzene rings is 1. The van der Waals surface area contributed by atoms with Gasteiger partial charge in [-0.1, -0.05) is 12.1 Å². The van der Waals surface area contributed by atoms with E-state index in [-0.39, 0.29) is 11.5 Å². The predicted molar refractivity (Wildman–Crippen MR) is 67.0 cm³/mol. The summed E-state index contributed by atoms with van der Waals surface area (Å²) >= 11 is 0. The second-order valence-electron chi connectivity index (χ2n) is 4.36. The van der Waals surface area contributed by atoms with Gasteiger partial charge in [0, 0.05) is 24.9 Å². The maximum Gasteiger partial charge on any atom is 0.191 e. The van der Waals surface area contributed by atoms with Crippen molar-refractivity contribution in [3.05, 3.63) is 41.6 Å². The van der Waals surface area contributed by atoms with Crippen LogP contribution in [-0.2, 0) is 0 Å². The Labute approximate surface area is 101 Å². The molecule has 3 nitrogen and oxygen atoms in total. The molecule has 2 rings (SSSR count). The topological polar surface area (TPSA) is 40.5 Å². The second kappa shape index (κ2) is 5.04. The normalized spacial score (nSPS) is 16.3. The van der Waals surface area contributed by atoms with Crippen LogP contribution in [-0.4, -0.2) is 28.9 Å². The minimum Gasteiger partial charge on any atom is -0.507 e. The van der Waals surface area contributed by atoms with Crippen molar-refractivity contribution >= 4 is 5.78 Å². The third-order valence-electron chi connectivity index (χ3n) is 3.11. The lowest BCUT2D eigenvalue weighted by atomic mass is 10.1. The molecule has 0 amide bonds. The molecule has 0 aliphatic carbocycles. The van der Waals surface area contributed by atoms with Gasteiger partial charge in [-0.2, -0.15) is 0 Å². The van der Waals surface area contributed by atoms with Gasteiger partial charge in [-0.15, -0.1) is 0 Å². The molecule has 0 atom stereocenters. The molecular formula is C14H17NO2. The van der Waals surface area contributed by atoms with Crippen LogP contribution in [0.2, 0.25) is 0 Å². The van der Waals surface area contributed by atoms with E-state index in [0.717, 1.165) is 18.8 Å². The molecule has 3 heteroatoms. The number of carbonyl (C=O) groups is 1. The lowest BCUT2D eigenvalue weighted by Gasteiger charge is -2.17. The average Bonchev–Trinajstić information content (AvgIpc) is 2.82. The summed E-state index contributed by atoms with van der Waals surface area (Å²) in [5.41, 5.74) is 1.35. The highest BCUT2D eigenvalue weighted by Gasteiger charge is 2.14. The van der Waals surface area contributed by atoms with Gasteiger partial charge in [0.05, 0.1) is 5.56 Å². The first-order chi connectivity index (χ1) is 8.18. The largest absolute Gasteiger partial charge is 0.507 e. The minimum atomic E-state index is -0.132. The van der Waals surface area contributed by atoms with Gasteiger partial charge in [-0.3, -0.25) is 4.79 Å². The molecule has 90 valence electrons. The summed E-state index contributed by atoms with van der Waals surface area (Å²) in [6.07, 6.45) is 3.99. The lowest BCUT2D eigenvalue weighted by Crippen LogP contribution is -2.17. The summed E-state index contributed by atoms with van der Waals surface area (Å²) in [6.45, 7) is 4.00. The number of nitrogens with zero attached hydrogens (tertiary/aromatic N) is 1. The van der Waals surface area contributed by atoms with Crippen molar-refractivity contribution in [2.24, 2.45) is 0 Å². The zero-order chi connectivity index (χ0) is 12.3. The Morgan fingerprint density at radius 3 is 2.59 bits per heavy atom. The van der Waals surface area contributed by atoms with Crippen molar-refractivity contribution < 1.29 is 9.90 Å². The molecule has 17 heavy (non-hydrogen) atoms. The number of hydrogen-bond acceptors (Lipinski definition) is 3. The average molecular weight is 231 g/mol. The van der Waals surface area contributed by atoms with Crippen LogP contribution in [0.25, 0.3) is 0 Å². The molecule has 0 spiro atoms. The van der Waals surface area contributed by atoms with Crippen molar-refractivity contribution in [1.29, 1.82) is 0 Å². The Bertz CT molecular complexity index is 445. The molecule has 1 heterocycles. The summed E-state index contributed by atoms with van der Waals surface area (Å²) < 4.78 is 0. The molecule has 1 aromatic carbocycles. The van der Waals surface area contributed by atoms with E-state index in [1.165, 1.54) is 18.9 Å². The summed E-state index contributed by atoms with van der Waals surface area (Å²) in [6, 6.07) is 6.65. The quantitative estimate of drug-likeness (QED) is 0.642. The maximum absolute atomic E-state index is 12.0. The first-order valence-electron chi connectivity index (χ1n) is 5.94. The number of aromatic hydroxyl groups is 1. The van der Waals surface area contributed by atoms with Crippen LogP contribution in [0.4, 0.5) is 0 Å². The van der Waals surface area contributed by atoms with Gasteiger partial charge >= 0.3 is 0 Å². The van der Waals surface area contributed by atoms with E-state index in [2.05, 4.69) is 4.90 Å². The van der Waals surface area contributed by atoms with Crippen LogP contribution < -0.4 is 0 Å². The fourth-order valence-corrected chi connectivity index (χ4v) is 2.11. The Hall–Kier alpha value is -1.77. The fraction of sp³-hybridized carbons (Fsp3) is 0.357. The van der Waals surface area contributed by atoms with E-state index < -0.39 is 0 Å². The van der Waals surface area contributed by atoms with E-state index in [9.17, 15) is 9.90 Å². The molecule has 0 radical (unpaired) electrons. The number of carbonyl (C=O) groups excluding carboxylic acids is 1. The zero-order valence-electron chi connectivity index (χ0n) is 10.0. The van der Waals surface area contributed by atoms with E-state index in [1.807, 2.05) is 6.92 Å². The number of phenols is 1. The van der Waals surface area contributed by atoms with E-state index in [0.29, 0.717) is 5.56 Å². The molecule has 1 saturated heterocycles. The maximum atomic E-state index is 12.0. The lowest BCUT2D eigenvalue weighted by molar-refractivity contribution is 0.104. The van der Waals surface area contributed by atoms with Gasteiger partial charge in [-0.25, -0.2) is 0 Å². The van der Waals surface area contributed by atoms with Crippen LogP contribution in [0.5, 0.6) is 5.75 Å². The summed E-state index contributed by atoms with van der Waals surface area (Å²) in [7, 11) is 0. The van der Waals surface area contributed by atoms with Gasteiger partial charge in [0.2, 0.25) is 0 Å². The summed E-state index contributed by atoms with van der Waals surface area (Å²) in [4.78, 5) is 14.2. The van der Waals surface area contributed by atoms with Crippen molar-refractivity contribution in [1.82, 2.24) is 4.90 Å². The minimum absolute atomic E-state index is 0.0444. The molecule has 0 saturated carbocycles. The highest BCUT2D eigenvalue weighted by molar-refractivity contribution is 6.06. The zero-order valence-corrected chi connectivity index (χ0v) is 10.0. The van der Waals surface area contributed by atoms with Gasteiger partial charge in [-0.05, 0) is 31.9 Å². The number of phenolic OH excluding ortho intramolecular Hbond substituents is 1. The second-order valence-corrected chi connectivity index (χ2v) is 4.36. The van der Waals surface area contributed by atoms with Crippen LogP contribution in [0.15, 0.2) is 36.0 Å². The Balaban J connectivity index is 2.15. The molecule has 1 fully saturated rings. The van der Waals surface area contributed by atoms with E-state index in [1.54, 1.807) is 24.3 Å². The van der Waals surface area contributed by atoms with Crippen molar-refractivity contribution in [2.45, 2.75) is 19.8 Å². The first kappa shape index (κ1) is 11.7. The molecule has 0 unspecified atom stereocenters. The van der Waals surface area contributed by atoms with Crippen LogP contribution in [0.1, 0.15) is 30.1 Å². The third-order valence-corrected chi connectivity index (χ3v) is 3.11. The monoisotopic (exact) mass is 231 g/mol. The number of hydrogen-bond donors (Lipinski definition) is 1. The third kappa shape index (κ3) is 2.67. The molecule has 1 aliphatic heterocycles. The molecule has 1 N–H and O–H groups in total. The first-order valence-corrected chi connectivity index (χ1v) is 5.94. The molecular weight excluding hydrogens is 214 g/mol. The summed E-state index contributed by atoms with van der Waals surface area (Å²) in [5, 5.41) is 9.60. The Morgan fingerprint density at radius 2 is 1.94 bits per heavy atom. The molecule has 1 aliphatic rings. The van der Waals surface area contributed by atoms with Crippen molar-refractivity contribution in [2.75, 3.05) is 13.1 Å². The number of allylic oxidation sites excluding steroid dienone is 2. The van der Waals surface area contributed by atoms with Gasteiger partial charge in [0.1, 0.15) is 5.75 Å². The van der Waals surface area contributed by atoms with Crippen molar-refractivity contribution in [3.63, 3.8) is 0 Å². The van der Waals surface area contributed by atoms with Crippen LogP contribution in [0.3, 0.4) is 0 Å². The Morgan fingerprint density at radius 1 is 1.29 bits per heavy atom. The standard InChI is InChI=1S/C14H17NO2/c1-11(15-8-4-5-9-15)10-14(17)12-6-2-3-7-13(12)16/h2-3,6-7,10,16H,4-5,8-9H2,1H3/b11-10+. The van der Waals surface area contributed by atoms with Crippen LogP contribution in [0, 0.1) is 0 Å². The van der Waals surface area contributed by atoms with E-state index >= 15 is 0 Å². The van der Waals surface area contributed by atoms with Gasteiger partial charge in [0.25, 0.3) is 0 Å². The number of likely N-dealkylation sites (tertiary alicyclic amines) is 1. The van der Waals surface area contributed by atoms with Gasteiger partial charge < -0.3 is 10.0 Å². The van der Waals surface area contributed by atoms with Crippen molar-refractivity contribution in [3.8, 4) is 5.75 Å². The SMILES string of the molecule is C/C(=C\C(=O)c1ccccc1O)N1CCCC1. The summed E-state index contributed by atoms with van der Waals surface area (Å²) in [5.74, 6) is -0.0875. The number of rotatable bonds is 3. The molecule has 1 aromatic rings. The van der Waals surface area contributed by atoms with Gasteiger partial charge in [0.15, 0.2) is 5.78 Å².